The molecule has 6 heteroatoms. The Morgan fingerprint density at radius 2 is 2.00 bits per heavy atom. The highest BCUT2D eigenvalue weighted by atomic mass is 79.9. The molecular weight excluding hydrogens is 360 g/mol. The first kappa shape index (κ1) is 15.3. The highest BCUT2D eigenvalue weighted by Crippen LogP contribution is 2.21. The fourth-order valence-corrected chi connectivity index (χ4v) is 2.73. The smallest absolute Gasteiger partial charge is 0.261 e. The van der Waals surface area contributed by atoms with Gasteiger partial charge in [-0.25, -0.2) is 0 Å². The number of nitrogens with one attached hydrogen (secondary N) is 2. The number of benzene rings is 2. The molecule has 0 fully saturated rings. The second kappa shape index (κ2) is 6.26. The highest BCUT2D eigenvalue weighted by molar-refractivity contribution is 9.10. The molecule has 0 unspecified atom stereocenters. The van der Waals surface area contributed by atoms with Gasteiger partial charge in [0.2, 0.25) is 5.43 Å². The lowest BCUT2D eigenvalue weighted by atomic mass is 10.1. The molecule has 0 bridgehead atoms. The van der Waals surface area contributed by atoms with Crippen LogP contribution in [-0.4, -0.2) is 18.0 Å². The lowest BCUT2D eigenvalue weighted by Crippen LogP contribution is -2.22. The summed E-state index contributed by atoms with van der Waals surface area (Å²) >= 11 is 3.34. The zero-order chi connectivity index (χ0) is 16.4. The predicted octanol–water partition coefficient (Wildman–Crippen LogP) is 3.55. The number of aromatic nitrogens is 1. The van der Waals surface area contributed by atoms with Crippen molar-refractivity contribution in [2.45, 2.75) is 0 Å². The lowest BCUT2D eigenvalue weighted by molar-refractivity contribution is 0.102. The van der Waals surface area contributed by atoms with Crippen LogP contribution in [-0.2, 0) is 0 Å². The van der Waals surface area contributed by atoms with Gasteiger partial charge in [-0.05, 0) is 30.3 Å². The normalized spacial score (nSPS) is 10.5. The number of rotatable bonds is 3. The number of ether oxygens (including phenoxy) is 1. The number of anilines is 1. The van der Waals surface area contributed by atoms with E-state index in [4.69, 9.17) is 4.74 Å². The molecule has 3 rings (SSSR count). The molecule has 0 aliphatic carbocycles. The molecule has 5 nitrogen and oxygen atoms in total. The van der Waals surface area contributed by atoms with E-state index in [1.807, 2.05) is 6.07 Å². The van der Waals surface area contributed by atoms with E-state index in [-0.39, 0.29) is 11.0 Å². The summed E-state index contributed by atoms with van der Waals surface area (Å²) in [6.45, 7) is 0. The average molecular weight is 373 g/mol. The standard InChI is InChI=1S/C17H13BrN2O3/c1-23-14-7-3-6-12-15(14)19-9-13(16(12)21)17(22)20-11-5-2-4-10(18)8-11/h2-9H,1H3,(H,19,21)(H,20,22). The van der Waals surface area contributed by atoms with Crippen molar-refractivity contribution in [3.63, 3.8) is 0 Å². The van der Waals surface area contributed by atoms with Gasteiger partial charge in [-0.15, -0.1) is 0 Å². The van der Waals surface area contributed by atoms with Crippen LogP contribution in [0.2, 0.25) is 0 Å². The Morgan fingerprint density at radius 1 is 1.22 bits per heavy atom. The zero-order valence-electron chi connectivity index (χ0n) is 12.2. The quantitative estimate of drug-likeness (QED) is 0.738. The number of methoxy groups -OCH3 is 1. The Kier molecular flexibility index (Phi) is 4.16. The minimum Gasteiger partial charge on any atom is -0.495 e. The van der Waals surface area contributed by atoms with Gasteiger partial charge in [-0.3, -0.25) is 9.59 Å². The summed E-state index contributed by atoms with van der Waals surface area (Å²) in [7, 11) is 1.53. The van der Waals surface area contributed by atoms with Crippen molar-refractivity contribution in [1.82, 2.24) is 4.98 Å². The molecule has 0 aliphatic rings. The van der Waals surface area contributed by atoms with Crippen LogP contribution in [0.4, 0.5) is 5.69 Å². The van der Waals surface area contributed by atoms with E-state index in [9.17, 15) is 9.59 Å². The molecule has 0 radical (unpaired) electrons. The first-order valence-electron chi connectivity index (χ1n) is 6.85. The predicted molar refractivity (Wildman–Crippen MR) is 93.2 cm³/mol. The molecule has 2 N–H and O–H groups in total. The van der Waals surface area contributed by atoms with Crippen molar-refractivity contribution in [1.29, 1.82) is 0 Å². The molecule has 0 aliphatic heterocycles. The fourth-order valence-electron chi connectivity index (χ4n) is 2.33. The third-order valence-corrected chi connectivity index (χ3v) is 3.92. The van der Waals surface area contributed by atoms with Gasteiger partial charge in [0.1, 0.15) is 11.3 Å². The van der Waals surface area contributed by atoms with Crippen molar-refractivity contribution in [3.8, 4) is 5.75 Å². The number of amides is 1. The molecular formula is C17H13BrN2O3. The second-order valence-electron chi connectivity index (χ2n) is 4.88. The number of H-pyrrole nitrogens is 1. The Labute approximate surface area is 140 Å². The largest absolute Gasteiger partial charge is 0.495 e. The number of carbonyl (C=O) groups is 1. The average Bonchev–Trinajstić information content (AvgIpc) is 2.54. The van der Waals surface area contributed by atoms with E-state index in [1.54, 1.807) is 36.4 Å². The Morgan fingerprint density at radius 3 is 2.74 bits per heavy atom. The number of halogens is 1. The van der Waals surface area contributed by atoms with Gasteiger partial charge >= 0.3 is 0 Å². The summed E-state index contributed by atoms with van der Waals surface area (Å²) in [5.74, 6) is 0.0904. The van der Waals surface area contributed by atoms with Crippen LogP contribution in [0, 0.1) is 0 Å². The maximum Gasteiger partial charge on any atom is 0.261 e. The van der Waals surface area contributed by atoms with Gasteiger partial charge in [0.15, 0.2) is 0 Å². The molecule has 0 spiro atoms. The van der Waals surface area contributed by atoms with E-state index < -0.39 is 5.91 Å². The summed E-state index contributed by atoms with van der Waals surface area (Å²) in [5.41, 5.74) is 0.879. The number of hydrogen-bond acceptors (Lipinski definition) is 3. The summed E-state index contributed by atoms with van der Waals surface area (Å²) in [6.07, 6.45) is 1.40. The van der Waals surface area contributed by atoms with Crippen LogP contribution in [0.15, 0.2) is 57.9 Å². The summed E-state index contributed by atoms with van der Waals surface area (Å²) in [6, 6.07) is 12.3. The van der Waals surface area contributed by atoms with Gasteiger partial charge < -0.3 is 15.0 Å². The molecule has 2 aromatic carbocycles. The van der Waals surface area contributed by atoms with Crippen LogP contribution in [0.25, 0.3) is 10.9 Å². The van der Waals surface area contributed by atoms with Crippen molar-refractivity contribution < 1.29 is 9.53 Å². The Bertz CT molecular complexity index is 950. The van der Waals surface area contributed by atoms with Gasteiger partial charge in [-0.1, -0.05) is 28.1 Å². The molecule has 23 heavy (non-hydrogen) atoms. The zero-order valence-corrected chi connectivity index (χ0v) is 13.8. The van der Waals surface area contributed by atoms with Crippen molar-refractivity contribution in [3.05, 3.63) is 68.9 Å². The molecule has 1 aromatic heterocycles. The summed E-state index contributed by atoms with van der Waals surface area (Å²) in [4.78, 5) is 27.9. The molecule has 1 heterocycles. The summed E-state index contributed by atoms with van der Waals surface area (Å²) < 4.78 is 6.06. The lowest BCUT2D eigenvalue weighted by Gasteiger charge is -2.08. The number of carbonyl (C=O) groups excluding carboxylic acids is 1. The van der Waals surface area contributed by atoms with E-state index >= 15 is 0 Å². The number of aromatic amines is 1. The molecule has 0 saturated heterocycles. The number of fused-ring (bicyclic) bond motifs is 1. The minimum atomic E-state index is -0.464. The third kappa shape index (κ3) is 2.98. The minimum absolute atomic E-state index is 0.0470. The van der Waals surface area contributed by atoms with Gasteiger partial charge in [0.25, 0.3) is 5.91 Å². The second-order valence-corrected chi connectivity index (χ2v) is 5.79. The maximum absolute atomic E-state index is 12.5. The van der Waals surface area contributed by atoms with Gasteiger partial charge in [0, 0.05) is 16.4 Å². The van der Waals surface area contributed by atoms with Gasteiger partial charge in [0.05, 0.1) is 18.0 Å². The number of pyridine rings is 1. The van der Waals surface area contributed by atoms with Crippen LogP contribution in [0.5, 0.6) is 5.75 Å². The number of hydrogen-bond donors (Lipinski definition) is 2. The SMILES string of the molecule is COc1cccc2c(=O)c(C(=O)Nc3cccc(Br)c3)c[nH]c12. The van der Waals surface area contributed by atoms with E-state index in [1.165, 1.54) is 13.3 Å². The monoisotopic (exact) mass is 372 g/mol. The number of para-hydroxylation sites is 1. The van der Waals surface area contributed by atoms with Gasteiger partial charge in [-0.2, -0.15) is 0 Å². The van der Waals surface area contributed by atoms with Crippen molar-refractivity contribution >= 4 is 38.4 Å². The topological polar surface area (TPSA) is 71.2 Å². The van der Waals surface area contributed by atoms with Crippen molar-refractivity contribution in [2.24, 2.45) is 0 Å². The summed E-state index contributed by atoms with van der Waals surface area (Å²) in [5, 5.41) is 3.12. The van der Waals surface area contributed by atoms with Crippen molar-refractivity contribution in [2.75, 3.05) is 12.4 Å². The molecule has 116 valence electrons. The van der Waals surface area contributed by atoms with Crippen LogP contribution in [0.1, 0.15) is 10.4 Å². The molecule has 0 saturated carbocycles. The third-order valence-electron chi connectivity index (χ3n) is 3.42. The highest BCUT2D eigenvalue weighted by Gasteiger charge is 2.14. The Balaban J connectivity index is 2.01. The molecule has 3 aromatic rings. The van der Waals surface area contributed by atoms with E-state index in [2.05, 4.69) is 26.2 Å². The first-order chi connectivity index (χ1) is 11.1. The van der Waals surface area contributed by atoms with E-state index in [0.717, 1.165) is 4.47 Å². The molecule has 1 amide bonds. The van der Waals surface area contributed by atoms with Crippen LogP contribution < -0.4 is 15.5 Å². The maximum atomic E-state index is 12.5. The van der Waals surface area contributed by atoms with E-state index in [0.29, 0.717) is 22.3 Å². The first-order valence-corrected chi connectivity index (χ1v) is 7.65. The Hall–Kier alpha value is -2.60. The van der Waals surface area contributed by atoms with Crippen LogP contribution in [0.3, 0.4) is 0 Å². The fraction of sp³-hybridized carbons (Fsp3) is 0.0588. The molecule has 0 atom stereocenters. The van der Waals surface area contributed by atoms with Crippen LogP contribution >= 0.6 is 15.9 Å².